The molecule has 4 rings (SSSR count). The molecule has 2 fully saturated rings. The number of amides is 2. The average Bonchev–Trinajstić information content (AvgIpc) is 2.73. The van der Waals surface area contributed by atoms with Gasteiger partial charge in [0.15, 0.2) is 0 Å². The van der Waals surface area contributed by atoms with E-state index in [1.165, 1.54) is 0 Å². The molecule has 2 amide bonds. The molecule has 152 valence electrons. The highest BCUT2D eigenvalue weighted by Gasteiger charge is 2.34. The number of rotatable bonds is 5. The third-order valence-electron chi connectivity index (χ3n) is 6.11. The molecule has 1 heterocycles. The molecule has 0 aromatic heterocycles. The van der Waals surface area contributed by atoms with E-state index in [1.807, 2.05) is 53.4 Å². The maximum absolute atomic E-state index is 12.8. The van der Waals surface area contributed by atoms with Gasteiger partial charge < -0.3 is 15.0 Å². The molecule has 1 aliphatic carbocycles. The van der Waals surface area contributed by atoms with Crippen LogP contribution in [-0.4, -0.2) is 36.9 Å². The van der Waals surface area contributed by atoms with Crippen molar-refractivity contribution in [2.75, 3.05) is 25.5 Å². The lowest BCUT2D eigenvalue weighted by Crippen LogP contribution is -2.47. The highest BCUT2D eigenvalue weighted by Crippen LogP contribution is 2.30. The molecule has 2 aromatic carbocycles. The van der Waals surface area contributed by atoms with E-state index in [4.69, 9.17) is 4.74 Å². The first-order valence-corrected chi connectivity index (χ1v) is 10.5. The van der Waals surface area contributed by atoms with Crippen LogP contribution in [0.3, 0.4) is 0 Å². The van der Waals surface area contributed by atoms with E-state index in [2.05, 4.69) is 5.32 Å². The molecule has 1 N–H and O–H groups in total. The summed E-state index contributed by atoms with van der Waals surface area (Å²) in [6.07, 6.45) is 4.89. The van der Waals surface area contributed by atoms with Crippen LogP contribution in [0.1, 0.15) is 32.1 Å². The Morgan fingerprint density at radius 3 is 2.41 bits per heavy atom. The number of piperidine rings is 1. The molecule has 5 heteroatoms. The number of ether oxygens (including phenoxy) is 1. The summed E-state index contributed by atoms with van der Waals surface area (Å²) in [5.41, 5.74) is 2.92. The number of carbonyl (C=O) groups excluding carboxylic acids is 2. The number of anilines is 1. The molecule has 0 spiro atoms. The highest BCUT2D eigenvalue weighted by molar-refractivity contribution is 5.93. The summed E-state index contributed by atoms with van der Waals surface area (Å²) in [4.78, 5) is 27.2. The molecule has 0 radical (unpaired) electrons. The van der Waals surface area contributed by atoms with Crippen molar-refractivity contribution in [3.05, 3.63) is 48.5 Å². The molecule has 0 unspecified atom stereocenters. The lowest BCUT2D eigenvalue weighted by atomic mass is 9.83. The van der Waals surface area contributed by atoms with Gasteiger partial charge in [-0.1, -0.05) is 30.7 Å². The van der Waals surface area contributed by atoms with Crippen LogP contribution >= 0.6 is 0 Å². The quantitative estimate of drug-likeness (QED) is 0.823. The Hall–Kier alpha value is -2.82. The van der Waals surface area contributed by atoms with E-state index >= 15 is 0 Å². The van der Waals surface area contributed by atoms with Gasteiger partial charge in [0.25, 0.3) is 0 Å². The molecule has 2 aromatic rings. The summed E-state index contributed by atoms with van der Waals surface area (Å²) >= 11 is 0. The van der Waals surface area contributed by atoms with Crippen LogP contribution in [0.4, 0.5) is 5.69 Å². The molecule has 2 aliphatic rings. The first-order valence-electron chi connectivity index (χ1n) is 10.5. The summed E-state index contributed by atoms with van der Waals surface area (Å²) in [7, 11) is 1.66. The van der Waals surface area contributed by atoms with Crippen LogP contribution < -0.4 is 10.1 Å². The van der Waals surface area contributed by atoms with Gasteiger partial charge in [-0.15, -0.1) is 0 Å². The summed E-state index contributed by atoms with van der Waals surface area (Å²) in [6, 6.07) is 15.7. The predicted octanol–water partition coefficient (Wildman–Crippen LogP) is 4.34. The fourth-order valence-corrected chi connectivity index (χ4v) is 4.10. The van der Waals surface area contributed by atoms with E-state index in [0.29, 0.717) is 6.54 Å². The van der Waals surface area contributed by atoms with Gasteiger partial charge in [-0.25, -0.2) is 0 Å². The van der Waals surface area contributed by atoms with Crippen molar-refractivity contribution in [3.63, 3.8) is 0 Å². The molecule has 5 nitrogen and oxygen atoms in total. The summed E-state index contributed by atoms with van der Waals surface area (Å²) in [5.74, 6) is 1.13. The SMILES string of the molecule is COc1cccc(-c2ccc(NC(=O)[C@@H]3CCCN(C(=O)C4CCC4)C3)cc2)c1. The van der Waals surface area contributed by atoms with Crippen molar-refractivity contribution in [1.82, 2.24) is 4.90 Å². The van der Waals surface area contributed by atoms with Crippen LogP contribution in [0, 0.1) is 11.8 Å². The second-order valence-electron chi connectivity index (χ2n) is 8.05. The Labute approximate surface area is 172 Å². The molecule has 1 saturated heterocycles. The highest BCUT2D eigenvalue weighted by atomic mass is 16.5. The molecule has 1 atom stereocenters. The number of likely N-dealkylation sites (tertiary alicyclic amines) is 1. The zero-order valence-corrected chi connectivity index (χ0v) is 16.9. The second kappa shape index (κ2) is 8.68. The Morgan fingerprint density at radius 2 is 1.72 bits per heavy atom. The summed E-state index contributed by atoms with van der Waals surface area (Å²) < 4.78 is 5.29. The normalized spacial score (nSPS) is 19.3. The number of methoxy groups -OCH3 is 1. The Kier molecular flexibility index (Phi) is 5.84. The van der Waals surface area contributed by atoms with E-state index in [1.54, 1.807) is 7.11 Å². The minimum atomic E-state index is -0.133. The topological polar surface area (TPSA) is 58.6 Å². The van der Waals surface area contributed by atoms with Crippen LogP contribution in [0.25, 0.3) is 11.1 Å². The maximum atomic E-state index is 12.8. The molecule has 0 bridgehead atoms. The minimum absolute atomic E-state index is 0.00485. The third-order valence-corrected chi connectivity index (χ3v) is 6.11. The van der Waals surface area contributed by atoms with E-state index in [-0.39, 0.29) is 23.7 Å². The van der Waals surface area contributed by atoms with Crippen molar-refractivity contribution in [2.45, 2.75) is 32.1 Å². The third kappa shape index (κ3) is 4.44. The van der Waals surface area contributed by atoms with E-state index in [0.717, 1.165) is 61.2 Å². The van der Waals surface area contributed by atoms with Gasteiger partial charge in [-0.2, -0.15) is 0 Å². The van der Waals surface area contributed by atoms with Gasteiger partial charge in [0.05, 0.1) is 13.0 Å². The van der Waals surface area contributed by atoms with E-state index < -0.39 is 0 Å². The fraction of sp³-hybridized carbons (Fsp3) is 0.417. The maximum Gasteiger partial charge on any atom is 0.229 e. The monoisotopic (exact) mass is 392 g/mol. The summed E-state index contributed by atoms with van der Waals surface area (Å²) in [5, 5.41) is 3.03. The van der Waals surface area contributed by atoms with Crippen LogP contribution in [0.2, 0.25) is 0 Å². The number of hydrogen-bond acceptors (Lipinski definition) is 3. The number of hydrogen-bond donors (Lipinski definition) is 1. The van der Waals surface area contributed by atoms with Crippen LogP contribution in [-0.2, 0) is 9.59 Å². The molecule has 29 heavy (non-hydrogen) atoms. The van der Waals surface area contributed by atoms with Gasteiger partial charge >= 0.3 is 0 Å². The Morgan fingerprint density at radius 1 is 0.966 bits per heavy atom. The average molecular weight is 392 g/mol. The lowest BCUT2D eigenvalue weighted by molar-refractivity contribution is -0.141. The van der Waals surface area contributed by atoms with Crippen LogP contribution in [0.15, 0.2) is 48.5 Å². The van der Waals surface area contributed by atoms with Crippen molar-refractivity contribution >= 4 is 17.5 Å². The summed E-state index contributed by atoms with van der Waals surface area (Å²) in [6.45, 7) is 1.33. The van der Waals surface area contributed by atoms with Gasteiger partial charge in [0, 0.05) is 24.7 Å². The van der Waals surface area contributed by atoms with Gasteiger partial charge in [-0.05, 0) is 61.1 Å². The number of benzene rings is 2. The molecular weight excluding hydrogens is 364 g/mol. The second-order valence-corrected chi connectivity index (χ2v) is 8.05. The molecule has 1 aliphatic heterocycles. The Balaban J connectivity index is 1.37. The zero-order chi connectivity index (χ0) is 20.2. The van der Waals surface area contributed by atoms with Crippen molar-refractivity contribution in [1.29, 1.82) is 0 Å². The van der Waals surface area contributed by atoms with Crippen molar-refractivity contribution in [2.24, 2.45) is 11.8 Å². The van der Waals surface area contributed by atoms with Gasteiger partial charge in [-0.3, -0.25) is 9.59 Å². The van der Waals surface area contributed by atoms with Crippen molar-refractivity contribution in [3.8, 4) is 16.9 Å². The molecular formula is C24H28N2O3. The largest absolute Gasteiger partial charge is 0.497 e. The number of nitrogens with zero attached hydrogens (tertiary/aromatic N) is 1. The predicted molar refractivity (Wildman–Crippen MR) is 114 cm³/mol. The van der Waals surface area contributed by atoms with Crippen molar-refractivity contribution < 1.29 is 14.3 Å². The van der Waals surface area contributed by atoms with Gasteiger partial charge in [0.2, 0.25) is 11.8 Å². The first-order chi connectivity index (χ1) is 14.1. The standard InChI is InChI=1S/C24H28N2O3/c1-29-22-9-3-7-19(15-22)17-10-12-21(13-11-17)25-23(27)20-8-4-14-26(16-20)24(28)18-5-2-6-18/h3,7,9-13,15,18,20H,2,4-6,8,14,16H2,1H3,(H,25,27)/t20-/m1/s1. The lowest BCUT2D eigenvalue weighted by Gasteiger charge is -2.36. The molecule has 1 saturated carbocycles. The first kappa shape index (κ1) is 19.5. The fourth-order valence-electron chi connectivity index (χ4n) is 4.10. The Bertz CT molecular complexity index is 874. The van der Waals surface area contributed by atoms with E-state index in [9.17, 15) is 9.59 Å². The number of carbonyl (C=O) groups is 2. The number of nitrogens with one attached hydrogen (secondary N) is 1. The zero-order valence-electron chi connectivity index (χ0n) is 16.9. The minimum Gasteiger partial charge on any atom is -0.497 e. The van der Waals surface area contributed by atoms with Crippen LogP contribution in [0.5, 0.6) is 5.75 Å². The smallest absolute Gasteiger partial charge is 0.229 e. The van der Waals surface area contributed by atoms with Gasteiger partial charge in [0.1, 0.15) is 5.75 Å².